The van der Waals surface area contributed by atoms with Gasteiger partial charge in [0.05, 0.1) is 5.92 Å². The Kier molecular flexibility index (Phi) is 5.81. The molecule has 1 fully saturated rings. The van der Waals surface area contributed by atoms with Crippen LogP contribution in [0.4, 0.5) is 6.01 Å². The summed E-state index contributed by atoms with van der Waals surface area (Å²) in [7, 11) is 4.07. The molecule has 7 heteroatoms. The number of nitrogens with zero attached hydrogens (tertiary/aromatic N) is 3. The van der Waals surface area contributed by atoms with Crippen LogP contribution in [0.2, 0.25) is 5.02 Å². The van der Waals surface area contributed by atoms with Gasteiger partial charge >= 0.3 is 0 Å². The lowest BCUT2D eigenvalue weighted by atomic mass is 9.97. The van der Waals surface area contributed by atoms with Crippen LogP contribution in [0.15, 0.2) is 22.6 Å². The summed E-state index contributed by atoms with van der Waals surface area (Å²) in [5.74, 6) is 0.106. The Labute approximate surface area is 153 Å². The van der Waals surface area contributed by atoms with Gasteiger partial charge in [0.1, 0.15) is 5.52 Å². The van der Waals surface area contributed by atoms with Crippen molar-refractivity contribution in [3.05, 3.63) is 23.2 Å². The maximum absolute atomic E-state index is 12.4. The standard InChI is InChI=1S/C18H25ClN4O2/c1-22(2)9-4-8-20-17(24)13-5-3-10-23(12-13)18-21-15-11-14(19)6-7-16(15)25-18/h6-7,11,13H,3-5,8-10,12H2,1-2H3,(H,20,24). The number of benzene rings is 1. The quantitative estimate of drug-likeness (QED) is 0.798. The van der Waals surface area contributed by atoms with Gasteiger partial charge in [0.15, 0.2) is 5.58 Å². The first-order valence-corrected chi connectivity index (χ1v) is 9.14. The Balaban J connectivity index is 1.59. The van der Waals surface area contributed by atoms with E-state index in [4.69, 9.17) is 16.0 Å². The molecule has 1 aliphatic rings. The van der Waals surface area contributed by atoms with Gasteiger partial charge in [-0.1, -0.05) is 11.6 Å². The van der Waals surface area contributed by atoms with Gasteiger partial charge in [-0.25, -0.2) is 0 Å². The van der Waals surface area contributed by atoms with Crippen molar-refractivity contribution in [1.29, 1.82) is 0 Å². The first-order valence-electron chi connectivity index (χ1n) is 8.76. The van der Waals surface area contributed by atoms with Crippen LogP contribution in [0, 0.1) is 5.92 Å². The van der Waals surface area contributed by atoms with Gasteiger partial charge in [-0.3, -0.25) is 4.79 Å². The van der Waals surface area contributed by atoms with E-state index in [1.54, 1.807) is 12.1 Å². The van der Waals surface area contributed by atoms with Gasteiger partial charge in [0.25, 0.3) is 6.01 Å². The third kappa shape index (κ3) is 4.64. The lowest BCUT2D eigenvalue weighted by Crippen LogP contribution is -2.43. The molecule has 1 atom stereocenters. The zero-order valence-electron chi connectivity index (χ0n) is 14.8. The molecule has 1 amide bonds. The number of amides is 1. The minimum atomic E-state index is -0.0216. The first-order chi connectivity index (χ1) is 12.0. The second-order valence-electron chi connectivity index (χ2n) is 6.84. The number of fused-ring (bicyclic) bond motifs is 1. The Hall–Kier alpha value is -1.79. The van der Waals surface area contributed by atoms with Crippen LogP contribution in [0.3, 0.4) is 0 Å². The van der Waals surface area contributed by atoms with E-state index in [2.05, 4.69) is 20.1 Å². The number of anilines is 1. The van der Waals surface area contributed by atoms with Crippen LogP contribution in [-0.4, -0.2) is 56.1 Å². The molecule has 1 aromatic carbocycles. The number of carbonyl (C=O) groups excluding carboxylic acids is 1. The summed E-state index contributed by atoms with van der Waals surface area (Å²) >= 11 is 6.01. The first kappa shape index (κ1) is 18.0. The Morgan fingerprint density at radius 2 is 2.32 bits per heavy atom. The predicted octanol–water partition coefficient (Wildman–Crippen LogP) is 2.77. The van der Waals surface area contributed by atoms with E-state index in [1.165, 1.54) is 0 Å². The highest BCUT2D eigenvalue weighted by molar-refractivity contribution is 6.31. The van der Waals surface area contributed by atoms with Crippen LogP contribution >= 0.6 is 11.6 Å². The highest BCUT2D eigenvalue weighted by Gasteiger charge is 2.28. The number of aromatic nitrogens is 1. The van der Waals surface area contributed by atoms with E-state index < -0.39 is 0 Å². The summed E-state index contributed by atoms with van der Waals surface area (Å²) < 4.78 is 5.83. The van der Waals surface area contributed by atoms with E-state index in [-0.39, 0.29) is 11.8 Å². The third-order valence-electron chi connectivity index (χ3n) is 4.48. The highest BCUT2D eigenvalue weighted by Crippen LogP contribution is 2.27. The summed E-state index contributed by atoms with van der Waals surface area (Å²) in [4.78, 5) is 21.1. The second-order valence-corrected chi connectivity index (χ2v) is 7.28. The van der Waals surface area contributed by atoms with E-state index >= 15 is 0 Å². The van der Waals surface area contributed by atoms with Crippen molar-refractivity contribution in [3.63, 3.8) is 0 Å². The number of halogens is 1. The summed E-state index contributed by atoms with van der Waals surface area (Å²) in [6.45, 7) is 3.18. The summed E-state index contributed by atoms with van der Waals surface area (Å²) in [6, 6.07) is 5.98. The molecule has 136 valence electrons. The van der Waals surface area contributed by atoms with Crippen molar-refractivity contribution in [2.45, 2.75) is 19.3 Å². The molecule has 0 saturated carbocycles. The van der Waals surface area contributed by atoms with Crippen molar-refractivity contribution in [2.75, 3.05) is 45.2 Å². The minimum absolute atomic E-state index is 0.0216. The molecule has 1 N–H and O–H groups in total. The number of oxazole rings is 1. The third-order valence-corrected chi connectivity index (χ3v) is 4.72. The zero-order valence-corrected chi connectivity index (χ0v) is 15.6. The molecule has 1 saturated heterocycles. The fraction of sp³-hybridized carbons (Fsp3) is 0.556. The number of rotatable bonds is 6. The molecule has 1 aromatic heterocycles. The van der Waals surface area contributed by atoms with Crippen LogP contribution < -0.4 is 10.2 Å². The van der Waals surface area contributed by atoms with Crippen molar-refractivity contribution in [3.8, 4) is 0 Å². The van der Waals surface area contributed by atoms with Crippen molar-refractivity contribution >= 4 is 34.6 Å². The Morgan fingerprint density at radius 1 is 1.48 bits per heavy atom. The van der Waals surface area contributed by atoms with E-state index in [1.807, 2.05) is 20.2 Å². The molecule has 3 rings (SSSR count). The van der Waals surface area contributed by atoms with Crippen molar-refractivity contribution in [1.82, 2.24) is 15.2 Å². The van der Waals surface area contributed by atoms with Gasteiger partial charge in [-0.2, -0.15) is 4.98 Å². The molecule has 1 unspecified atom stereocenters. The fourth-order valence-electron chi connectivity index (χ4n) is 3.14. The molecular formula is C18H25ClN4O2. The maximum atomic E-state index is 12.4. The monoisotopic (exact) mass is 364 g/mol. The SMILES string of the molecule is CN(C)CCCNC(=O)C1CCCN(c2nc3cc(Cl)ccc3o2)C1. The largest absolute Gasteiger partial charge is 0.423 e. The smallest absolute Gasteiger partial charge is 0.298 e. The van der Waals surface area contributed by atoms with Gasteiger partial charge < -0.3 is 19.5 Å². The van der Waals surface area contributed by atoms with Gasteiger partial charge in [0, 0.05) is 24.7 Å². The second kappa shape index (κ2) is 8.06. The van der Waals surface area contributed by atoms with Crippen LogP contribution in [0.25, 0.3) is 11.1 Å². The lowest BCUT2D eigenvalue weighted by molar-refractivity contribution is -0.125. The molecule has 0 spiro atoms. The van der Waals surface area contributed by atoms with Gasteiger partial charge in [0.2, 0.25) is 5.91 Å². The summed E-state index contributed by atoms with van der Waals surface area (Å²) in [5, 5.41) is 3.69. The van der Waals surface area contributed by atoms with E-state index in [0.29, 0.717) is 17.6 Å². The summed E-state index contributed by atoms with van der Waals surface area (Å²) in [6.07, 6.45) is 2.82. The molecule has 0 bridgehead atoms. The summed E-state index contributed by atoms with van der Waals surface area (Å²) in [5.41, 5.74) is 1.47. The predicted molar refractivity (Wildman–Crippen MR) is 100 cm³/mol. The van der Waals surface area contributed by atoms with E-state index in [0.717, 1.165) is 50.0 Å². The molecule has 6 nitrogen and oxygen atoms in total. The Bertz CT molecular complexity index is 731. The van der Waals surface area contributed by atoms with Crippen LogP contribution in [0.5, 0.6) is 0 Å². The number of nitrogens with one attached hydrogen (secondary N) is 1. The van der Waals surface area contributed by atoms with Crippen LogP contribution in [-0.2, 0) is 4.79 Å². The molecule has 0 radical (unpaired) electrons. The lowest BCUT2D eigenvalue weighted by Gasteiger charge is -2.30. The fourth-order valence-corrected chi connectivity index (χ4v) is 3.31. The average Bonchev–Trinajstić information content (AvgIpc) is 3.01. The molecule has 25 heavy (non-hydrogen) atoms. The maximum Gasteiger partial charge on any atom is 0.298 e. The molecule has 0 aliphatic carbocycles. The molecule has 2 heterocycles. The van der Waals surface area contributed by atoms with Crippen LogP contribution in [0.1, 0.15) is 19.3 Å². The van der Waals surface area contributed by atoms with Crippen molar-refractivity contribution in [2.24, 2.45) is 5.92 Å². The molecular weight excluding hydrogens is 340 g/mol. The number of hydrogen-bond donors (Lipinski definition) is 1. The molecule has 1 aliphatic heterocycles. The van der Waals surface area contributed by atoms with Crippen molar-refractivity contribution < 1.29 is 9.21 Å². The average molecular weight is 365 g/mol. The van der Waals surface area contributed by atoms with Gasteiger partial charge in [-0.15, -0.1) is 0 Å². The number of piperidine rings is 1. The normalized spacial score (nSPS) is 18.1. The molecule has 2 aromatic rings. The van der Waals surface area contributed by atoms with E-state index in [9.17, 15) is 4.79 Å². The minimum Gasteiger partial charge on any atom is -0.423 e. The topological polar surface area (TPSA) is 61.6 Å². The number of hydrogen-bond acceptors (Lipinski definition) is 5. The Morgan fingerprint density at radius 3 is 3.12 bits per heavy atom. The van der Waals surface area contributed by atoms with Gasteiger partial charge in [-0.05, 0) is 58.1 Å². The zero-order chi connectivity index (χ0) is 17.8. The highest BCUT2D eigenvalue weighted by atomic mass is 35.5. The number of carbonyl (C=O) groups is 1.